The quantitative estimate of drug-likeness (QED) is 0.912. The Morgan fingerprint density at radius 1 is 1.46 bits per heavy atom. The molecule has 3 heterocycles. The summed E-state index contributed by atoms with van der Waals surface area (Å²) in [5.41, 5.74) is 8.73. The monoisotopic (exact) mass is 329 g/mol. The molecule has 0 bridgehead atoms. The molecule has 7 nitrogen and oxygen atoms in total. The van der Waals surface area contributed by atoms with Crippen molar-refractivity contribution in [2.24, 2.45) is 7.05 Å². The van der Waals surface area contributed by atoms with Crippen molar-refractivity contribution in [1.29, 1.82) is 0 Å². The summed E-state index contributed by atoms with van der Waals surface area (Å²) in [6.07, 6.45) is 2.80. The topological polar surface area (TPSA) is 86.3 Å². The number of morpholine rings is 1. The summed E-state index contributed by atoms with van der Waals surface area (Å²) < 4.78 is 7.59. The molecule has 0 aromatic carbocycles. The first-order chi connectivity index (χ1) is 11.5. The van der Waals surface area contributed by atoms with Crippen LogP contribution in [-0.4, -0.2) is 45.3 Å². The van der Waals surface area contributed by atoms with Crippen LogP contribution >= 0.6 is 0 Å². The van der Waals surface area contributed by atoms with Gasteiger partial charge < -0.3 is 15.4 Å². The Bertz CT molecular complexity index is 728. The molecule has 24 heavy (non-hydrogen) atoms. The Kier molecular flexibility index (Phi) is 4.80. The number of anilines is 1. The second kappa shape index (κ2) is 7.00. The number of nitrogen functional groups attached to an aromatic ring is 1. The van der Waals surface area contributed by atoms with Gasteiger partial charge in [0.25, 0.3) is 0 Å². The molecular weight excluding hydrogens is 306 g/mol. The molecule has 3 rings (SSSR count). The van der Waals surface area contributed by atoms with Gasteiger partial charge in [0.05, 0.1) is 25.0 Å². The normalized spacial score (nSPS) is 17.9. The Morgan fingerprint density at radius 3 is 3.00 bits per heavy atom. The summed E-state index contributed by atoms with van der Waals surface area (Å²) in [6, 6.07) is 5.48. The first kappa shape index (κ1) is 16.4. The van der Waals surface area contributed by atoms with E-state index in [4.69, 9.17) is 10.5 Å². The molecule has 7 heteroatoms. The number of nitrogens with two attached hydrogens (primary N) is 1. The number of carbonyl (C=O) groups excluding carboxylic acids is 1. The van der Waals surface area contributed by atoms with Gasteiger partial charge in [0.15, 0.2) is 0 Å². The van der Waals surface area contributed by atoms with E-state index in [0.29, 0.717) is 38.4 Å². The summed E-state index contributed by atoms with van der Waals surface area (Å²) >= 11 is 0. The molecule has 0 saturated carbocycles. The fourth-order valence-corrected chi connectivity index (χ4v) is 2.89. The molecule has 1 aliphatic rings. The van der Waals surface area contributed by atoms with Gasteiger partial charge in [0, 0.05) is 25.7 Å². The average Bonchev–Trinajstić information content (AvgIpc) is 2.91. The number of pyridine rings is 1. The number of ether oxygens (including phenoxy) is 1. The van der Waals surface area contributed by atoms with E-state index in [-0.39, 0.29) is 12.0 Å². The first-order valence-corrected chi connectivity index (χ1v) is 8.14. The Balaban J connectivity index is 1.60. The number of hydrogen-bond acceptors (Lipinski definition) is 5. The van der Waals surface area contributed by atoms with Crippen LogP contribution in [0.25, 0.3) is 0 Å². The number of hydrogen-bond donors (Lipinski definition) is 1. The van der Waals surface area contributed by atoms with E-state index in [1.165, 1.54) is 0 Å². The highest BCUT2D eigenvalue weighted by Gasteiger charge is 2.26. The van der Waals surface area contributed by atoms with Gasteiger partial charge in [-0.25, -0.2) is 4.98 Å². The van der Waals surface area contributed by atoms with Crippen molar-refractivity contribution in [3.05, 3.63) is 41.3 Å². The molecule has 0 spiro atoms. The van der Waals surface area contributed by atoms with Crippen LogP contribution in [0, 0.1) is 6.92 Å². The zero-order valence-electron chi connectivity index (χ0n) is 14.1. The van der Waals surface area contributed by atoms with E-state index < -0.39 is 0 Å². The predicted octanol–water partition coefficient (Wildman–Crippen LogP) is 1.24. The lowest BCUT2D eigenvalue weighted by Gasteiger charge is -2.32. The number of carbonyl (C=O) groups is 1. The molecule has 128 valence electrons. The van der Waals surface area contributed by atoms with Gasteiger partial charge in [-0.15, -0.1) is 0 Å². The van der Waals surface area contributed by atoms with Crippen LogP contribution < -0.4 is 5.73 Å². The summed E-state index contributed by atoms with van der Waals surface area (Å²) in [5, 5.41) is 4.22. The molecule has 1 aliphatic heterocycles. The lowest BCUT2D eigenvalue weighted by Crippen LogP contribution is -2.42. The predicted molar refractivity (Wildman–Crippen MR) is 90.2 cm³/mol. The Morgan fingerprint density at radius 2 is 2.29 bits per heavy atom. The fraction of sp³-hybridized carbons (Fsp3) is 0.471. The lowest BCUT2D eigenvalue weighted by atomic mass is 10.1. The zero-order chi connectivity index (χ0) is 17.1. The average molecular weight is 329 g/mol. The molecule has 2 aromatic rings. The number of rotatable bonds is 4. The van der Waals surface area contributed by atoms with Crippen LogP contribution in [-0.2, 0) is 23.0 Å². The van der Waals surface area contributed by atoms with Gasteiger partial charge in [0.2, 0.25) is 5.91 Å². The van der Waals surface area contributed by atoms with E-state index in [9.17, 15) is 4.79 Å². The minimum Gasteiger partial charge on any atom is -0.384 e. The maximum atomic E-state index is 12.5. The van der Waals surface area contributed by atoms with Gasteiger partial charge in [-0.05, 0) is 31.0 Å². The van der Waals surface area contributed by atoms with Crippen LogP contribution in [0.3, 0.4) is 0 Å². The summed E-state index contributed by atoms with van der Waals surface area (Å²) in [6.45, 7) is 3.66. The van der Waals surface area contributed by atoms with Crippen LogP contribution in [0.1, 0.15) is 29.5 Å². The molecule has 0 aliphatic carbocycles. The number of aryl methyl sites for hydroxylation is 2. The summed E-state index contributed by atoms with van der Waals surface area (Å²) in [7, 11) is 1.91. The van der Waals surface area contributed by atoms with Gasteiger partial charge in [-0.2, -0.15) is 5.10 Å². The van der Waals surface area contributed by atoms with E-state index in [1.807, 2.05) is 41.9 Å². The van der Waals surface area contributed by atoms with Crippen LogP contribution in [0.4, 0.5) is 5.82 Å². The summed E-state index contributed by atoms with van der Waals surface area (Å²) in [5.74, 6) is 0.599. The summed E-state index contributed by atoms with van der Waals surface area (Å²) in [4.78, 5) is 18.7. The van der Waals surface area contributed by atoms with Gasteiger partial charge in [0.1, 0.15) is 11.9 Å². The smallest absolute Gasteiger partial charge is 0.223 e. The SMILES string of the molecule is Cc1c(CCC(=O)N2CCO[C@@H](c3cccc(N)n3)C2)cnn1C. The highest BCUT2D eigenvalue weighted by Crippen LogP contribution is 2.22. The second-order valence-electron chi connectivity index (χ2n) is 6.07. The third kappa shape index (κ3) is 3.56. The highest BCUT2D eigenvalue weighted by atomic mass is 16.5. The Labute approximate surface area is 141 Å². The van der Waals surface area contributed by atoms with Crippen LogP contribution in [0.15, 0.2) is 24.4 Å². The zero-order valence-corrected chi connectivity index (χ0v) is 14.1. The second-order valence-corrected chi connectivity index (χ2v) is 6.07. The lowest BCUT2D eigenvalue weighted by molar-refractivity contribution is -0.139. The molecule has 1 atom stereocenters. The molecular formula is C17H23N5O2. The minimum atomic E-state index is -0.216. The molecule has 2 aromatic heterocycles. The van der Waals surface area contributed by atoms with Crippen molar-refractivity contribution in [3.8, 4) is 0 Å². The molecule has 0 unspecified atom stereocenters. The van der Waals surface area contributed by atoms with E-state index >= 15 is 0 Å². The molecule has 1 amide bonds. The van der Waals surface area contributed by atoms with E-state index in [2.05, 4.69) is 10.1 Å². The van der Waals surface area contributed by atoms with Gasteiger partial charge in [-0.3, -0.25) is 9.48 Å². The first-order valence-electron chi connectivity index (χ1n) is 8.14. The van der Waals surface area contributed by atoms with Crippen molar-refractivity contribution >= 4 is 11.7 Å². The van der Waals surface area contributed by atoms with Gasteiger partial charge >= 0.3 is 0 Å². The maximum Gasteiger partial charge on any atom is 0.223 e. The van der Waals surface area contributed by atoms with E-state index in [0.717, 1.165) is 17.0 Å². The largest absolute Gasteiger partial charge is 0.384 e. The Hall–Kier alpha value is -2.41. The maximum absolute atomic E-state index is 12.5. The molecule has 1 fully saturated rings. The van der Waals surface area contributed by atoms with E-state index in [1.54, 1.807) is 6.07 Å². The van der Waals surface area contributed by atoms with Crippen molar-refractivity contribution < 1.29 is 9.53 Å². The van der Waals surface area contributed by atoms with Crippen molar-refractivity contribution in [2.45, 2.75) is 25.9 Å². The number of aromatic nitrogens is 3. The van der Waals surface area contributed by atoms with Crippen LogP contribution in [0.5, 0.6) is 0 Å². The number of amides is 1. The fourth-order valence-electron chi connectivity index (χ4n) is 2.89. The van der Waals surface area contributed by atoms with Crippen molar-refractivity contribution in [3.63, 3.8) is 0 Å². The van der Waals surface area contributed by atoms with Crippen LogP contribution in [0.2, 0.25) is 0 Å². The molecule has 2 N–H and O–H groups in total. The molecule has 1 saturated heterocycles. The minimum absolute atomic E-state index is 0.135. The van der Waals surface area contributed by atoms with Gasteiger partial charge in [-0.1, -0.05) is 6.07 Å². The highest BCUT2D eigenvalue weighted by molar-refractivity contribution is 5.76. The van der Waals surface area contributed by atoms with Crippen molar-refractivity contribution in [2.75, 3.05) is 25.4 Å². The number of nitrogens with zero attached hydrogens (tertiary/aromatic N) is 4. The standard InChI is InChI=1S/C17H23N5O2/c1-12-13(10-19-21(12)2)6-7-17(23)22-8-9-24-15(11-22)14-4-3-5-16(18)20-14/h3-5,10,15H,6-9,11H2,1-2H3,(H2,18,20)/t15-/m1/s1. The van der Waals surface area contributed by atoms with Crippen molar-refractivity contribution in [1.82, 2.24) is 19.7 Å². The molecule has 0 radical (unpaired) electrons. The third-order valence-corrected chi connectivity index (χ3v) is 4.49. The third-order valence-electron chi connectivity index (χ3n) is 4.49.